The van der Waals surface area contributed by atoms with Gasteiger partial charge in [0.1, 0.15) is 23.1 Å². The lowest BCUT2D eigenvalue weighted by Gasteiger charge is -2.43. The van der Waals surface area contributed by atoms with E-state index in [0.29, 0.717) is 74.5 Å². The second-order valence-electron chi connectivity index (χ2n) is 14.7. The Balaban J connectivity index is 1.02. The number of hydrogen-bond donors (Lipinski definition) is 2. The smallest absolute Gasteiger partial charge is 0.410 e. The Morgan fingerprint density at radius 1 is 1.02 bits per heavy atom. The van der Waals surface area contributed by atoms with Crippen molar-refractivity contribution in [3.05, 3.63) is 30.0 Å². The average Bonchev–Trinajstić information content (AvgIpc) is 3.66. The topological polar surface area (TPSA) is 148 Å². The number of unbranched alkanes of at least 4 members (excludes halogenated alkanes) is 1. The lowest BCUT2D eigenvalue weighted by molar-refractivity contribution is -0.120. The number of amides is 3. The molecule has 1 saturated heterocycles. The Bertz CT molecular complexity index is 1520. The molecule has 1 aromatic carbocycles. The fourth-order valence-corrected chi connectivity index (χ4v) is 7.03. The molecule has 3 amide bonds. The highest BCUT2D eigenvalue weighted by molar-refractivity contribution is 6.04. The van der Waals surface area contributed by atoms with Crippen molar-refractivity contribution in [3.8, 4) is 5.75 Å². The third kappa shape index (κ3) is 10.0. The molecule has 1 saturated carbocycles. The van der Waals surface area contributed by atoms with Crippen LogP contribution in [0, 0.1) is 0 Å². The lowest BCUT2D eigenvalue weighted by Crippen LogP contribution is -2.55. The van der Waals surface area contributed by atoms with Gasteiger partial charge in [-0.3, -0.25) is 9.59 Å². The number of fused-ring (bicyclic) bond motifs is 1. The first-order valence-electron chi connectivity index (χ1n) is 18.8. The van der Waals surface area contributed by atoms with Crippen LogP contribution in [0.4, 0.5) is 27.9 Å². The van der Waals surface area contributed by atoms with Gasteiger partial charge < -0.3 is 44.3 Å². The largest absolute Gasteiger partial charge is 0.495 e. The molecular formula is C38H57N7O7. The number of anilines is 4. The summed E-state index contributed by atoms with van der Waals surface area (Å²) in [6.07, 6.45) is 10.0. The lowest BCUT2D eigenvalue weighted by atomic mass is 10.0. The molecule has 3 aliphatic rings. The SMILES string of the molecule is CC[C@@H]1C(=O)N(C)c2cnc(Nc3ccc(C(=O)NCCOCCCCOC4CCN(C(=O)OC(C)(C)C)CC4)cc3OC)nc2N1C1CCCC1. The molecule has 286 valence electrons. The van der Waals surface area contributed by atoms with Crippen molar-refractivity contribution in [2.24, 2.45) is 0 Å². The maximum Gasteiger partial charge on any atom is 0.410 e. The van der Waals surface area contributed by atoms with Crippen LogP contribution in [-0.2, 0) is 19.0 Å². The van der Waals surface area contributed by atoms with Crippen molar-refractivity contribution in [2.45, 2.75) is 109 Å². The van der Waals surface area contributed by atoms with Crippen LogP contribution in [0.15, 0.2) is 24.4 Å². The van der Waals surface area contributed by atoms with Crippen LogP contribution in [-0.4, -0.2) is 110 Å². The van der Waals surface area contributed by atoms with E-state index < -0.39 is 5.60 Å². The highest BCUT2D eigenvalue weighted by atomic mass is 16.6. The fourth-order valence-electron chi connectivity index (χ4n) is 7.03. The van der Waals surface area contributed by atoms with Crippen molar-refractivity contribution in [1.29, 1.82) is 0 Å². The summed E-state index contributed by atoms with van der Waals surface area (Å²) in [5, 5.41) is 6.17. The number of benzene rings is 1. The van der Waals surface area contributed by atoms with Gasteiger partial charge in [0.25, 0.3) is 5.91 Å². The predicted octanol–water partition coefficient (Wildman–Crippen LogP) is 5.68. The van der Waals surface area contributed by atoms with Gasteiger partial charge in [-0.25, -0.2) is 9.78 Å². The molecule has 1 atom stereocenters. The van der Waals surface area contributed by atoms with E-state index >= 15 is 0 Å². The van der Waals surface area contributed by atoms with E-state index in [1.165, 1.54) is 0 Å². The number of hydrogen-bond acceptors (Lipinski definition) is 11. The summed E-state index contributed by atoms with van der Waals surface area (Å²) in [6.45, 7) is 11.0. The van der Waals surface area contributed by atoms with Crippen LogP contribution in [0.3, 0.4) is 0 Å². The number of likely N-dealkylation sites (tertiary alicyclic amines) is 1. The molecule has 2 aromatic rings. The second-order valence-corrected chi connectivity index (χ2v) is 14.7. The normalized spacial score (nSPS) is 18.4. The van der Waals surface area contributed by atoms with Gasteiger partial charge in [0.15, 0.2) is 5.82 Å². The minimum Gasteiger partial charge on any atom is -0.495 e. The van der Waals surface area contributed by atoms with Crippen LogP contribution in [0.2, 0.25) is 0 Å². The van der Waals surface area contributed by atoms with Gasteiger partial charge in [-0.2, -0.15) is 4.98 Å². The average molecular weight is 724 g/mol. The molecule has 0 bridgehead atoms. The standard InChI is InChI=1S/C38H57N7O7/c1-7-30-35(47)43(5)31-25-40-36(42-33(31)45(30)27-12-8-9-13-27)41-29-15-14-26(24-32(29)49-6)34(46)39-18-23-50-21-10-11-22-51-28-16-19-44(20-17-28)37(48)52-38(2,3)4/h14-15,24-25,27-28,30H,7-13,16-23H2,1-6H3,(H,39,46)(H,40,41,42)/t30-/m1/s1. The van der Waals surface area contributed by atoms with E-state index in [-0.39, 0.29) is 36.1 Å². The Morgan fingerprint density at radius 2 is 1.75 bits per heavy atom. The quantitative estimate of drug-likeness (QED) is 0.219. The number of piperidine rings is 1. The van der Waals surface area contributed by atoms with Gasteiger partial charge in [-0.05, 0) is 83.9 Å². The minimum absolute atomic E-state index is 0.0706. The third-order valence-corrected chi connectivity index (χ3v) is 9.78. The van der Waals surface area contributed by atoms with Crippen LogP contribution in [0.5, 0.6) is 5.75 Å². The first kappa shape index (κ1) is 39.0. The minimum atomic E-state index is -0.488. The van der Waals surface area contributed by atoms with Crippen LogP contribution in [0.1, 0.15) is 95.8 Å². The number of carbonyl (C=O) groups excluding carboxylic acids is 3. The molecule has 1 aliphatic carbocycles. The summed E-state index contributed by atoms with van der Waals surface area (Å²) in [6, 6.07) is 5.21. The van der Waals surface area contributed by atoms with E-state index in [2.05, 4.69) is 20.5 Å². The molecule has 0 radical (unpaired) electrons. The van der Waals surface area contributed by atoms with E-state index in [1.807, 2.05) is 27.7 Å². The summed E-state index contributed by atoms with van der Waals surface area (Å²) >= 11 is 0. The third-order valence-electron chi connectivity index (χ3n) is 9.78. The van der Waals surface area contributed by atoms with Gasteiger partial charge in [0, 0.05) is 51.5 Å². The zero-order chi connectivity index (χ0) is 37.3. The number of nitrogens with one attached hydrogen (secondary N) is 2. The number of likely N-dealkylation sites (N-methyl/N-ethyl adjacent to an activating group) is 1. The van der Waals surface area contributed by atoms with Crippen LogP contribution in [0.25, 0.3) is 0 Å². The number of methoxy groups -OCH3 is 1. The highest BCUT2D eigenvalue weighted by Crippen LogP contribution is 2.40. The van der Waals surface area contributed by atoms with E-state index in [9.17, 15) is 14.4 Å². The molecule has 5 rings (SSSR count). The zero-order valence-corrected chi connectivity index (χ0v) is 31.7. The van der Waals surface area contributed by atoms with Crippen LogP contribution >= 0.6 is 0 Å². The monoisotopic (exact) mass is 723 g/mol. The van der Waals surface area contributed by atoms with Gasteiger partial charge in [-0.1, -0.05) is 19.8 Å². The first-order chi connectivity index (χ1) is 25.0. The summed E-state index contributed by atoms with van der Waals surface area (Å²) in [7, 11) is 3.34. The molecule has 0 spiro atoms. The predicted molar refractivity (Wildman–Crippen MR) is 200 cm³/mol. The van der Waals surface area contributed by atoms with Gasteiger partial charge in [-0.15, -0.1) is 0 Å². The summed E-state index contributed by atoms with van der Waals surface area (Å²) < 4.78 is 22.8. The fraction of sp³-hybridized carbons (Fsp3) is 0.658. The number of nitrogens with zero attached hydrogens (tertiary/aromatic N) is 5. The molecule has 2 aliphatic heterocycles. The molecule has 14 heteroatoms. The van der Waals surface area contributed by atoms with Crippen molar-refractivity contribution in [1.82, 2.24) is 20.2 Å². The molecule has 3 heterocycles. The Kier molecular flexibility index (Phi) is 13.6. The van der Waals surface area contributed by atoms with E-state index in [0.717, 1.165) is 57.2 Å². The van der Waals surface area contributed by atoms with Crippen molar-refractivity contribution in [2.75, 3.05) is 68.7 Å². The van der Waals surface area contributed by atoms with E-state index in [4.69, 9.17) is 23.9 Å². The molecule has 14 nitrogen and oxygen atoms in total. The van der Waals surface area contributed by atoms with Gasteiger partial charge in [0.2, 0.25) is 11.9 Å². The molecule has 52 heavy (non-hydrogen) atoms. The Labute approximate surface area is 307 Å². The first-order valence-corrected chi connectivity index (χ1v) is 18.8. The molecule has 1 aromatic heterocycles. The van der Waals surface area contributed by atoms with E-state index in [1.54, 1.807) is 48.4 Å². The molecule has 2 fully saturated rings. The molecule has 0 unspecified atom stereocenters. The number of rotatable bonds is 15. The molecule has 2 N–H and O–H groups in total. The number of ether oxygens (including phenoxy) is 4. The summed E-state index contributed by atoms with van der Waals surface area (Å²) in [5.41, 5.74) is 1.30. The van der Waals surface area contributed by atoms with Crippen molar-refractivity contribution in [3.63, 3.8) is 0 Å². The maximum atomic E-state index is 13.2. The number of aromatic nitrogens is 2. The number of carbonyl (C=O) groups is 3. The van der Waals surface area contributed by atoms with Crippen LogP contribution < -0.4 is 25.2 Å². The Morgan fingerprint density at radius 3 is 2.44 bits per heavy atom. The van der Waals surface area contributed by atoms with Gasteiger partial charge >= 0.3 is 6.09 Å². The highest BCUT2D eigenvalue weighted by Gasteiger charge is 2.41. The maximum absolute atomic E-state index is 13.2. The zero-order valence-electron chi connectivity index (χ0n) is 31.7. The molecular weight excluding hydrogens is 666 g/mol. The summed E-state index contributed by atoms with van der Waals surface area (Å²) in [4.78, 5) is 53.4. The Hall–Kier alpha value is -4.17. The van der Waals surface area contributed by atoms with Crippen molar-refractivity contribution >= 4 is 41.0 Å². The second kappa shape index (κ2) is 18.0. The summed E-state index contributed by atoms with van der Waals surface area (Å²) in [5.74, 6) is 1.47. The van der Waals surface area contributed by atoms with Gasteiger partial charge in [0.05, 0.1) is 31.7 Å². The van der Waals surface area contributed by atoms with Crippen molar-refractivity contribution < 1.29 is 33.3 Å².